The Hall–Kier alpha value is -3.00. The van der Waals surface area contributed by atoms with Crippen molar-refractivity contribution in [3.63, 3.8) is 0 Å². The second kappa shape index (κ2) is 9.09. The first-order chi connectivity index (χ1) is 16.0. The molecule has 0 amide bonds. The lowest BCUT2D eigenvalue weighted by atomic mass is 9.94. The van der Waals surface area contributed by atoms with Crippen molar-refractivity contribution in [1.29, 1.82) is 0 Å². The van der Waals surface area contributed by atoms with E-state index in [0.717, 1.165) is 27.3 Å². The van der Waals surface area contributed by atoms with Crippen molar-refractivity contribution < 1.29 is 4.52 Å². The molecule has 0 saturated carbocycles. The third-order valence-corrected chi connectivity index (χ3v) is 7.07. The van der Waals surface area contributed by atoms with Crippen molar-refractivity contribution >= 4 is 45.8 Å². The maximum absolute atomic E-state index is 6.22. The molecule has 1 unspecified atom stereocenters. The number of nitrogens with one attached hydrogen (secondary N) is 1. The molecule has 5 rings (SSSR count). The van der Waals surface area contributed by atoms with Crippen molar-refractivity contribution in [3.8, 4) is 10.7 Å². The molecule has 1 aliphatic heterocycles. The third-order valence-electron chi connectivity index (χ3n) is 5.63. The van der Waals surface area contributed by atoms with Crippen LogP contribution in [0.3, 0.4) is 0 Å². The van der Waals surface area contributed by atoms with Gasteiger partial charge >= 0.3 is 0 Å². The normalized spacial score (nSPS) is 16.3. The number of hydrogen-bond acceptors (Lipinski definition) is 5. The molecule has 0 aliphatic carbocycles. The van der Waals surface area contributed by atoms with Gasteiger partial charge < -0.3 is 14.7 Å². The van der Waals surface area contributed by atoms with Crippen LogP contribution in [-0.4, -0.2) is 20.2 Å². The van der Waals surface area contributed by atoms with Crippen molar-refractivity contribution in [2.45, 2.75) is 26.4 Å². The van der Waals surface area contributed by atoms with E-state index in [1.165, 1.54) is 5.56 Å². The summed E-state index contributed by atoms with van der Waals surface area (Å²) in [5.74, 6) is 1.06. The Kier molecular flexibility index (Phi) is 6.01. The van der Waals surface area contributed by atoms with E-state index in [0.29, 0.717) is 28.4 Å². The molecule has 4 aromatic rings. The van der Waals surface area contributed by atoms with Gasteiger partial charge in [-0.05, 0) is 60.8 Å². The Morgan fingerprint density at radius 3 is 2.67 bits per heavy atom. The van der Waals surface area contributed by atoms with E-state index in [4.69, 9.17) is 33.3 Å². The van der Waals surface area contributed by atoms with E-state index in [-0.39, 0.29) is 6.04 Å². The Bertz CT molecular complexity index is 1330. The highest BCUT2D eigenvalue weighted by molar-refractivity contribution is 7.80. The van der Waals surface area contributed by atoms with Crippen LogP contribution in [0.25, 0.3) is 16.3 Å². The topological polar surface area (TPSA) is 54.2 Å². The minimum Gasteiger partial charge on any atom is -0.351 e. The maximum Gasteiger partial charge on any atom is 0.258 e. The van der Waals surface area contributed by atoms with Gasteiger partial charge in [0, 0.05) is 10.7 Å². The second-order valence-corrected chi connectivity index (χ2v) is 9.68. The summed E-state index contributed by atoms with van der Waals surface area (Å²) in [5.41, 5.74) is 5.20. The monoisotopic (exact) mass is 492 g/mol. The largest absolute Gasteiger partial charge is 0.351 e. The summed E-state index contributed by atoms with van der Waals surface area (Å²) in [6.07, 6.45) is 0. The Labute approximate surface area is 206 Å². The lowest BCUT2D eigenvalue weighted by Crippen LogP contribution is -2.45. The van der Waals surface area contributed by atoms with Crippen LogP contribution < -0.4 is 5.32 Å². The molecule has 1 N–H and O–H groups in total. The number of thiophene rings is 1. The Morgan fingerprint density at radius 1 is 1.12 bits per heavy atom. The average molecular weight is 493 g/mol. The van der Waals surface area contributed by atoms with Crippen LogP contribution in [0.5, 0.6) is 0 Å². The van der Waals surface area contributed by atoms with Gasteiger partial charge in [-0.25, -0.2) is 0 Å². The van der Waals surface area contributed by atoms with E-state index < -0.39 is 0 Å². The molecule has 166 valence electrons. The van der Waals surface area contributed by atoms with Crippen LogP contribution >= 0.6 is 35.2 Å². The summed E-state index contributed by atoms with van der Waals surface area (Å²) in [7, 11) is 0. The van der Waals surface area contributed by atoms with E-state index in [2.05, 4.69) is 46.6 Å². The zero-order valence-corrected chi connectivity index (χ0v) is 20.5. The number of rotatable bonds is 5. The Balaban J connectivity index is 1.60. The fraction of sp³-hybridized carbons (Fsp3) is 0.160. The van der Waals surface area contributed by atoms with Crippen molar-refractivity contribution in [2.24, 2.45) is 0 Å². The van der Waals surface area contributed by atoms with Gasteiger partial charge in [-0.15, -0.1) is 11.3 Å². The SMILES string of the molecule is CC1=C(c2nc(-c3cccs3)no2)C(c2ccc(C)cc2)NC(=S)N1Cc1cccc(Cl)c1. The molecule has 2 aromatic carbocycles. The minimum absolute atomic E-state index is 0.203. The molecule has 0 spiro atoms. The van der Waals surface area contributed by atoms with Crippen LogP contribution in [-0.2, 0) is 6.54 Å². The molecule has 1 atom stereocenters. The zero-order chi connectivity index (χ0) is 22.9. The predicted octanol–water partition coefficient (Wildman–Crippen LogP) is 6.62. The van der Waals surface area contributed by atoms with Crippen LogP contribution in [0.15, 0.2) is 76.3 Å². The highest BCUT2D eigenvalue weighted by Gasteiger charge is 2.34. The molecule has 0 saturated heterocycles. The van der Waals surface area contributed by atoms with Gasteiger partial charge in [0.05, 0.1) is 23.0 Å². The molecule has 0 bridgehead atoms. The summed E-state index contributed by atoms with van der Waals surface area (Å²) < 4.78 is 5.78. The van der Waals surface area contributed by atoms with E-state index in [9.17, 15) is 0 Å². The summed E-state index contributed by atoms with van der Waals surface area (Å²) in [6, 6.07) is 19.9. The number of nitrogens with zero attached hydrogens (tertiary/aromatic N) is 3. The summed E-state index contributed by atoms with van der Waals surface area (Å²) >= 11 is 13.6. The molecule has 33 heavy (non-hydrogen) atoms. The molecule has 2 aromatic heterocycles. The van der Waals surface area contributed by atoms with E-state index in [1.54, 1.807) is 11.3 Å². The van der Waals surface area contributed by atoms with Gasteiger partial charge in [-0.2, -0.15) is 4.98 Å². The molecule has 0 fully saturated rings. The molecular weight excluding hydrogens is 472 g/mol. The van der Waals surface area contributed by atoms with Crippen molar-refractivity contribution in [2.75, 3.05) is 0 Å². The molecule has 3 heterocycles. The standard InChI is InChI=1S/C25H21ClN4OS2/c1-15-8-10-18(11-9-15)22-21(24-28-23(29-31-24)20-7-4-12-33-20)16(2)30(25(32)27-22)14-17-5-3-6-19(26)13-17/h3-13,22H,14H2,1-2H3,(H,27,32). The molecule has 0 radical (unpaired) electrons. The predicted molar refractivity (Wildman–Crippen MR) is 137 cm³/mol. The highest BCUT2D eigenvalue weighted by Crippen LogP contribution is 2.38. The zero-order valence-electron chi connectivity index (χ0n) is 18.1. The first-order valence-corrected chi connectivity index (χ1v) is 12.1. The molecular formula is C25H21ClN4OS2. The van der Waals surface area contributed by atoms with E-state index in [1.807, 2.05) is 48.7 Å². The number of thiocarbonyl (C=S) groups is 1. The number of aromatic nitrogens is 2. The lowest BCUT2D eigenvalue weighted by Gasteiger charge is -2.37. The van der Waals surface area contributed by atoms with Gasteiger partial charge in [0.25, 0.3) is 5.89 Å². The van der Waals surface area contributed by atoms with Crippen LogP contribution in [0.4, 0.5) is 0 Å². The van der Waals surface area contributed by atoms with Gasteiger partial charge in [0.15, 0.2) is 5.11 Å². The number of halogens is 1. The quantitative estimate of drug-likeness (QED) is 0.316. The van der Waals surface area contributed by atoms with Crippen molar-refractivity contribution in [3.05, 3.63) is 99.3 Å². The Morgan fingerprint density at radius 2 is 1.94 bits per heavy atom. The van der Waals surface area contributed by atoms with Gasteiger partial charge in [0.2, 0.25) is 5.82 Å². The fourth-order valence-electron chi connectivity index (χ4n) is 3.91. The first-order valence-electron chi connectivity index (χ1n) is 10.5. The molecule has 1 aliphatic rings. The van der Waals surface area contributed by atoms with Crippen LogP contribution in [0.1, 0.15) is 35.5 Å². The van der Waals surface area contributed by atoms with Gasteiger partial charge in [-0.1, -0.05) is 64.8 Å². The second-order valence-electron chi connectivity index (χ2n) is 7.91. The molecule has 8 heteroatoms. The third kappa shape index (κ3) is 4.44. The fourth-order valence-corrected chi connectivity index (χ4v) is 5.10. The summed E-state index contributed by atoms with van der Waals surface area (Å²) in [4.78, 5) is 7.76. The highest BCUT2D eigenvalue weighted by atomic mass is 35.5. The number of aryl methyl sites for hydroxylation is 1. The number of allylic oxidation sites excluding steroid dienone is 1. The molecule has 5 nitrogen and oxygen atoms in total. The first kappa shape index (κ1) is 21.8. The lowest BCUT2D eigenvalue weighted by molar-refractivity contribution is 0.396. The average Bonchev–Trinajstić information content (AvgIpc) is 3.49. The minimum atomic E-state index is -0.203. The summed E-state index contributed by atoms with van der Waals surface area (Å²) in [6.45, 7) is 4.69. The van der Waals surface area contributed by atoms with Gasteiger partial charge in [0.1, 0.15) is 0 Å². The summed E-state index contributed by atoms with van der Waals surface area (Å²) in [5, 5.41) is 11.1. The van der Waals surface area contributed by atoms with E-state index >= 15 is 0 Å². The van der Waals surface area contributed by atoms with Crippen LogP contribution in [0.2, 0.25) is 5.02 Å². The van der Waals surface area contributed by atoms with Crippen molar-refractivity contribution in [1.82, 2.24) is 20.4 Å². The smallest absolute Gasteiger partial charge is 0.258 e. The maximum atomic E-state index is 6.22. The van der Waals surface area contributed by atoms with Gasteiger partial charge in [-0.3, -0.25) is 0 Å². The van der Waals surface area contributed by atoms with Crippen LogP contribution in [0, 0.1) is 6.92 Å². The number of hydrogen-bond donors (Lipinski definition) is 1. The number of benzene rings is 2.